The van der Waals surface area contributed by atoms with Gasteiger partial charge in [0.05, 0.1) is 5.25 Å². The number of nitrogens with one attached hydrogen (secondary N) is 1. The van der Waals surface area contributed by atoms with Gasteiger partial charge in [0.15, 0.2) is 0 Å². The minimum atomic E-state index is -0.553. The van der Waals surface area contributed by atoms with E-state index < -0.39 is 11.2 Å². The molecule has 1 aliphatic heterocycles. The van der Waals surface area contributed by atoms with Gasteiger partial charge in [0, 0.05) is 22.3 Å². The van der Waals surface area contributed by atoms with Gasteiger partial charge in [-0.05, 0) is 48.2 Å². The number of hydrogen-bond donors (Lipinski definition) is 1. The second-order valence-electron chi connectivity index (χ2n) is 7.03. The lowest BCUT2D eigenvalue weighted by Crippen LogP contribution is -2.32. The lowest BCUT2D eigenvalue weighted by atomic mass is 10.1. The summed E-state index contributed by atoms with van der Waals surface area (Å²) in [6.45, 7) is 5.83. The van der Waals surface area contributed by atoms with E-state index >= 15 is 0 Å². The molecule has 0 aromatic heterocycles. The van der Waals surface area contributed by atoms with E-state index in [1.165, 1.54) is 22.7 Å². The van der Waals surface area contributed by atoms with Crippen LogP contribution in [0.4, 0.5) is 5.69 Å². The van der Waals surface area contributed by atoms with E-state index in [2.05, 4.69) is 11.9 Å². The van der Waals surface area contributed by atoms with Crippen LogP contribution >= 0.6 is 35.0 Å². The van der Waals surface area contributed by atoms with Gasteiger partial charge in [0.1, 0.15) is 16.7 Å². The molecule has 0 spiro atoms. The maximum atomic E-state index is 13.5. The Bertz CT molecular complexity index is 1120. The Hall–Kier alpha value is -2.72. The number of thioether (sulfide) groups is 1. The zero-order chi connectivity index (χ0) is 23.3. The average Bonchev–Trinajstić information content (AvgIpc) is 3.10. The number of benzene rings is 2. The van der Waals surface area contributed by atoms with Crippen LogP contribution in [0.5, 0.6) is 0 Å². The number of halogens is 2. The highest BCUT2D eigenvalue weighted by atomic mass is 35.5. The molecule has 2 amide bonds. The first kappa shape index (κ1) is 23.9. The van der Waals surface area contributed by atoms with Gasteiger partial charge >= 0.3 is 0 Å². The van der Waals surface area contributed by atoms with E-state index in [0.29, 0.717) is 27.2 Å². The van der Waals surface area contributed by atoms with E-state index in [4.69, 9.17) is 23.2 Å². The first-order chi connectivity index (χ1) is 15.4. The third-order valence-corrected chi connectivity index (χ3v) is 6.79. The second-order valence-corrected chi connectivity index (χ2v) is 9.07. The van der Waals surface area contributed by atoms with Crippen LogP contribution in [0.1, 0.15) is 18.1 Å². The highest BCUT2D eigenvalue weighted by Gasteiger charge is 2.41. The van der Waals surface area contributed by atoms with Crippen LogP contribution in [-0.2, 0) is 22.4 Å². The Morgan fingerprint density at radius 1 is 1.28 bits per heavy atom. The summed E-state index contributed by atoms with van der Waals surface area (Å²) in [5.41, 5.74) is 2.37. The SMILES string of the molecule is C=CCNC(=O)/C(C#N)=C1\SC(Cc2ccc(Cl)cc2Cl)C(=O)N1c1ccc(CC)cc1. The van der Waals surface area contributed by atoms with Crippen molar-refractivity contribution in [2.45, 2.75) is 25.0 Å². The van der Waals surface area contributed by atoms with Crippen LogP contribution in [0.2, 0.25) is 10.0 Å². The summed E-state index contributed by atoms with van der Waals surface area (Å²) >= 11 is 13.5. The lowest BCUT2D eigenvalue weighted by molar-refractivity contribution is -0.117. The van der Waals surface area contributed by atoms with E-state index in [1.54, 1.807) is 18.2 Å². The largest absolute Gasteiger partial charge is 0.348 e. The number of amides is 2. The maximum absolute atomic E-state index is 13.5. The Balaban J connectivity index is 2.03. The summed E-state index contributed by atoms with van der Waals surface area (Å²) < 4.78 is 0. The molecule has 5 nitrogen and oxygen atoms in total. The smallest absolute Gasteiger partial charge is 0.264 e. The third kappa shape index (κ3) is 5.18. The topological polar surface area (TPSA) is 73.2 Å². The number of nitriles is 1. The minimum absolute atomic E-state index is 0.116. The molecule has 1 atom stereocenters. The van der Waals surface area contributed by atoms with Gasteiger partial charge in [-0.2, -0.15) is 5.26 Å². The molecule has 1 N–H and O–H groups in total. The third-order valence-electron chi connectivity index (χ3n) is 4.94. The first-order valence-corrected chi connectivity index (χ1v) is 11.6. The van der Waals surface area contributed by atoms with Crippen molar-refractivity contribution in [1.82, 2.24) is 5.32 Å². The number of nitrogens with zero attached hydrogens (tertiary/aromatic N) is 2. The van der Waals surface area contributed by atoms with Gasteiger partial charge < -0.3 is 5.32 Å². The van der Waals surface area contributed by atoms with Gasteiger partial charge in [-0.15, -0.1) is 6.58 Å². The monoisotopic (exact) mass is 485 g/mol. The molecule has 32 heavy (non-hydrogen) atoms. The summed E-state index contributed by atoms with van der Waals surface area (Å²) in [4.78, 5) is 27.5. The molecule has 0 bridgehead atoms. The molecule has 164 valence electrons. The zero-order valence-corrected chi connectivity index (χ0v) is 19.7. The molecular weight excluding hydrogens is 465 g/mol. The number of anilines is 1. The molecule has 0 saturated carbocycles. The average molecular weight is 486 g/mol. The Kier molecular flexibility index (Phi) is 8.03. The fourth-order valence-electron chi connectivity index (χ4n) is 3.24. The molecule has 2 aromatic rings. The Morgan fingerprint density at radius 2 is 2.00 bits per heavy atom. The summed E-state index contributed by atoms with van der Waals surface area (Å²) in [6.07, 6.45) is 2.72. The summed E-state index contributed by atoms with van der Waals surface area (Å²) in [6, 6.07) is 14.6. The molecular formula is C24H21Cl2N3O2S. The molecule has 1 unspecified atom stereocenters. The number of carbonyl (C=O) groups is 2. The van der Waals surface area contributed by atoms with E-state index in [1.807, 2.05) is 37.3 Å². The highest BCUT2D eigenvalue weighted by Crippen LogP contribution is 2.42. The van der Waals surface area contributed by atoms with Gasteiger partial charge in [-0.3, -0.25) is 14.5 Å². The van der Waals surface area contributed by atoms with Gasteiger partial charge in [0.25, 0.3) is 5.91 Å². The minimum Gasteiger partial charge on any atom is -0.348 e. The number of aryl methyl sites for hydroxylation is 1. The van der Waals surface area contributed by atoms with Crippen molar-refractivity contribution in [2.75, 3.05) is 11.4 Å². The van der Waals surface area contributed by atoms with E-state index in [-0.39, 0.29) is 18.0 Å². The van der Waals surface area contributed by atoms with Gasteiger partial charge in [0.2, 0.25) is 5.91 Å². The molecule has 8 heteroatoms. The van der Waals surface area contributed by atoms with Crippen molar-refractivity contribution < 1.29 is 9.59 Å². The number of rotatable bonds is 7. The molecule has 3 rings (SSSR count). The first-order valence-electron chi connectivity index (χ1n) is 9.96. The van der Waals surface area contributed by atoms with Gasteiger partial charge in [-0.1, -0.05) is 66.2 Å². The van der Waals surface area contributed by atoms with Crippen LogP contribution < -0.4 is 10.2 Å². The van der Waals surface area contributed by atoms with Crippen molar-refractivity contribution in [3.63, 3.8) is 0 Å². The van der Waals surface area contributed by atoms with Crippen LogP contribution in [0.3, 0.4) is 0 Å². The standard InChI is InChI=1S/C24H21Cl2N3O2S/c1-3-11-28-22(30)19(14-27)24-29(18-9-5-15(4-2)6-10-18)23(31)21(32-24)12-16-7-8-17(25)13-20(16)26/h3,5-10,13,21H,1,4,11-12H2,2H3,(H,28,30)/b24-19-. The van der Waals surface area contributed by atoms with Crippen molar-refractivity contribution in [3.8, 4) is 6.07 Å². The normalized spacial score (nSPS) is 17.1. The summed E-state index contributed by atoms with van der Waals surface area (Å²) in [5, 5.41) is 13.1. The van der Waals surface area contributed by atoms with Crippen molar-refractivity contribution >= 4 is 52.5 Å². The number of carbonyl (C=O) groups excluding carboxylic acids is 2. The molecule has 2 aromatic carbocycles. The van der Waals surface area contributed by atoms with Crippen molar-refractivity contribution in [1.29, 1.82) is 5.26 Å². The highest BCUT2D eigenvalue weighted by molar-refractivity contribution is 8.05. The van der Waals surface area contributed by atoms with Crippen LogP contribution in [0.25, 0.3) is 0 Å². The summed E-state index contributed by atoms with van der Waals surface area (Å²) in [7, 11) is 0. The second kappa shape index (κ2) is 10.7. The molecule has 1 heterocycles. The predicted octanol–water partition coefficient (Wildman–Crippen LogP) is 5.28. The molecule has 0 aliphatic carbocycles. The maximum Gasteiger partial charge on any atom is 0.264 e. The van der Waals surface area contributed by atoms with E-state index in [0.717, 1.165) is 17.5 Å². The molecule has 1 saturated heterocycles. The van der Waals surface area contributed by atoms with E-state index in [9.17, 15) is 14.9 Å². The molecule has 1 aliphatic rings. The fourth-order valence-corrected chi connectivity index (χ4v) is 5.02. The predicted molar refractivity (Wildman–Crippen MR) is 131 cm³/mol. The molecule has 1 fully saturated rings. The zero-order valence-electron chi connectivity index (χ0n) is 17.4. The van der Waals surface area contributed by atoms with Crippen molar-refractivity contribution in [2.24, 2.45) is 0 Å². The summed E-state index contributed by atoms with van der Waals surface area (Å²) in [5.74, 6) is -0.771. The number of hydrogen-bond acceptors (Lipinski definition) is 4. The Morgan fingerprint density at radius 3 is 2.59 bits per heavy atom. The van der Waals surface area contributed by atoms with Crippen molar-refractivity contribution in [3.05, 3.63) is 86.9 Å². The molecule has 0 radical (unpaired) electrons. The quantitative estimate of drug-likeness (QED) is 0.328. The lowest BCUT2D eigenvalue weighted by Gasteiger charge is -2.19. The van der Waals surface area contributed by atoms with Crippen LogP contribution in [0.15, 0.2) is 65.7 Å². The van der Waals surface area contributed by atoms with Gasteiger partial charge in [-0.25, -0.2) is 0 Å². The van der Waals surface area contributed by atoms with Crippen LogP contribution in [0, 0.1) is 11.3 Å². The van der Waals surface area contributed by atoms with Crippen LogP contribution in [-0.4, -0.2) is 23.6 Å². The Labute approximate surface area is 201 Å². The fraction of sp³-hybridized carbons (Fsp3) is 0.208.